The van der Waals surface area contributed by atoms with E-state index < -0.39 is 0 Å². The smallest absolute Gasteiger partial charge is 0.0624 e. The molecule has 2 nitrogen and oxygen atoms in total. The van der Waals surface area contributed by atoms with Gasteiger partial charge < -0.3 is 9.55 Å². The molecule has 1 aliphatic rings. The lowest BCUT2D eigenvalue weighted by Gasteiger charge is -2.21. The molecule has 0 aliphatic heterocycles. The molecular formula is C48H30N2S. The van der Waals surface area contributed by atoms with Crippen LogP contribution in [0.1, 0.15) is 11.1 Å². The quantitative estimate of drug-likeness (QED) is 0.190. The van der Waals surface area contributed by atoms with Gasteiger partial charge in [-0.2, -0.15) is 0 Å². The summed E-state index contributed by atoms with van der Waals surface area (Å²) in [5.41, 5.74) is 13.1. The number of rotatable bonds is 2. The highest BCUT2D eigenvalue weighted by Crippen LogP contribution is 2.51. The summed E-state index contributed by atoms with van der Waals surface area (Å²) in [5, 5.41) is 11.8. The molecule has 0 spiro atoms. The molecule has 0 bridgehead atoms. The number of benzene rings is 8. The van der Waals surface area contributed by atoms with E-state index in [0.29, 0.717) is 0 Å². The third-order valence-corrected chi connectivity index (χ3v) is 12.7. The Hall–Kier alpha value is -6.16. The van der Waals surface area contributed by atoms with Crippen molar-refractivity contribution in [2.45, 2.75) is 12.8 Å². The van der Waals surface area contributed by atoms with E-state index in [1.165, 1.54) is 114 Å². The highest BCUT2D eigenvalue weighted by atomic mass is 32.1. The number of thiophene rings is 1. The lowest BCUT2D eigenvalue weighted by atomic mass is 9.87. The Morgan fingerprint density at radius 1 is 0.490 bits per heavy atom. The maximum absolute atomic E-state index is 3.87. The van der Waals surface area contributed by atoms with Crippen molar-refractivity contribution >= 4 is 85.8 Å². The number of nitrogens with zero attached hydrogens (tertiary/aromatic N) is 1. The number of nitrogens with one attached hydrogen (secondary N) is 1. The molecule has 238 valence electrons. The van der Waals surface area contributed by atoms with Crippen LogP contribution in [0.4, 0.5) is 0 Å². The normalized spacial score (nSPS) is 12.9. The van der Waals surface area contributed by atoms with E-state index in [9.17, 15) is 0 Å². The Labute approximate surface area is 297 Å². The van der Waals surface area contributed by atoms with E-state index in [-0.39, 0.29) is 0 Å². The number of H-pyrrole nitrogens is 1. The van der Waals surface area contributed by atoms with E-state index in [1.807, 2.05) is 11.3 Å². The fraction of sp³-hybridized carbons (Fsp3) is 0.0417. The first-order valence-electron chi connectivity index (χ1n) is 17.8. The zero-order chi connectivity index (χ0) is 33.2. The Morgan fingerprint density at radius 3 is 2.04 bits per heavy atom. The molecule has 3 heteroatoms. The molecule has 0 fully saturated rings. The summed E-state index contributed by atoms with van der Waals surface area (Å²) in [6.45, 7) is 0. The Kier molecular flexibility index (Phi) is 5.52. The molecule has 3 heterocycles. The van der Waals surface area contributed by atoms with E-state index >= 15 is 0 Å². The van der Waals surface area contributed by atoms with Crippen molar-refractivity contribution in [2.24, 2.45) is 0 Å². The molecule has 11 aromatic rings. The van der Waals surface area contributed by atoms with Crippen molar-refractivity contribution in [3.63, 3.8) is 0 Å². The number of aromatic amines is 1. The largest absolute Gasteiger partial charge is 0.354 e. The van der Waals surface area contributed by atoms with Gasteiger partial charge in [-0.15, -0.1) is 11.3 Å². The molecule has 3 aromatic heterocycles. The van der Waals surface area contributed by atoms with Gasteiger partial charge in [0, 0.05) is 69.0 Å². The highest BCUT2D eigenvalue weighted by molar-refractivity contribution is 7.27. The maximum atomic E-state index is 3.87. The van der Waals surface area contributed by atoms with Gasteiger partial charge in [0.1, 0.15) is 0 Å². The van der Waals surface area contributed by atoms with E-state index in [1.54, 1.807) is 0 Å². The molecule has 0 unspecified atom stereocenters. The van der Waals surface area contributed by atoms with Crippen LogP contribution in [0, 0.1) is 0 Å². The SMILES string of the molecule is c1ccc(-c2cccc3c2sc2c4ccccc4c(-n4c5c(c6c7c8ccccc8[nH]c7c7ccccc7c64)CCc4ccccc4-5)cc32)cc1. The number of para-hydroxylation sites is 1. The minimum absolute atomic E-state index is 1.00. The molecule has 0 atom stereocenters. The first-order valence-corrected chi connectivity index (χ1v) is 18.6. The van der Waals surface area contributed by atoms with Crippen LogP contribution in [0.2, 0.25) is 0 Å². The van der Waals surface area contributed by atoms with Crippen LogP contribution in [0.25, 0.3) is 102 Å². The molecule has 8 aromatic carbocycles. The predicted molar refractivity (Wildman–Crippen MR) is 219 cm³/mol. The molecule has 1 aliphatic carbocycles. The second-order valence-corrected chi connectivity index (χ2v) is 15.0. The number of hydrogen-bond acceptors (Lipinski definition) is 1. The van der Waals surface area contributed by atoms with E-state index in [4.69, 9.17) is 0 Å². The number of hydrogen-bond donors (Lipinski definition) is 1. The highest BCUT2D eigenvalue weighted by Gasteiger charge is 2.30. The summed E-state index contributed by atoms with van der Waals surface area (Å²) >= 11 is 1.93. The lowest BCUT2D eigenvalue weighted by molar-refractivity contribution is 0.936. The number of aromatic nitrogens is 2. The van der Waals surface area contributed by atoms with Gasteiger partial charge in [0.05, 0.1) is 22.4 Å². The molecule has 0 radical (unpaired) electrons. The Bertz CT molecular complexity index is 3250. The minimum Gasteiger partial charge on any atom is -0.354 e. The molecule has 51 heavy (non-hydrogen) atoms. The number of fused-ring (bicyclic) bond motifs is 17. The van der Waals surface area contributed by atoms with Crippen molar-refractivity contribution in [2.75, 3.05) is 0 Å². The fourth-order valence-corrected chi connectivity index (χ4v) is 10.6. The van der Waals surface area contributed by atoms with Crippen molar-refractivity contribution in [3.8, 4) is 28.1 Å². The van der Waals surface area contributed by atoms with Crippen LogP contribution in [0.15, 0.2) is 152 Å². The van der Waals surface area contributed by atoms with Crippen LogP contribution in [0.3, 0.4) is 0 Å². The van der Waals surface area contributed by atoms with Crippen LogP contribution >= 0.6 is 11.3 Å². The van der Waals surface area contributed by atoms with E-state index in [2.05, 4.69) is 161 Å². The van der Waals surface area contributed by atoms with Gasteiger partial charge in [0.15, 0.2) is 0 Å². The lowest BCUT2D eigenvalue weighted by Crippen LogP contribution is -2.07. The second-order valence-electron chi connectivity index (χ2n) is 14.0. The van der Waals surface area contributed by atoms with Crippen LogP contribution < -0.4 is 0 Å². The summed E-state index contributed by atoms with van der Waals surface area (Å²) in [6, 6.07) is 56.3. The molecule has 0 amide bonds. The zero-order valence-electron chi connectivity index (χ0n) is 27.7. The second kappa shape index (κ2) is 10.2. The van der Waals surface area contributed by atoms with Gasteiger partial charge in [-0.05, 0) is 47.2 Å². The summed E-state index contributed by atoms with van der Waals surface area (Å²) < 4.78 is 5.36. The summed E-state index contributed by atoms with van der Waals surface area (Å²) in [4.78, 5) is 3.87. The molecule has 12 rings (SSSR count). The number of aryl methyl sites for hydroxylation is 2. The predicted octanol–water partition coefficient (Wildman–Crippen LogP) is 13.4. The topological polar surface area (TPSA) is 20.7 Å². The first kappa shape index (κ1) is 27.6. The maximum Gasteiger partial charge on any atom is 0.0624 e. The van der Waals surface area contributed by atoms with Crippen molar-refractivity contribution < 1.29 is 0 Å². The Balaban J connectivity index is 1.32. The van der Waals surface area contributed by atoms with Gasteiger partial charge in [-0.3, -0.25) is 0 Å². The minimum atomic E-state index is 1.00. The first-order chi connectivity index (χ1) is 25.3. The Morgan fingerprint density at radius 2 is 1.16 bits per heavy atom. The molecule has 1 N–H and O–H groups in total. The van der Waals surface area contributed by atoms with Crippen molar-refractivity contribution in [1.29, 1.82) is 0 Å². The average molecular weight is 667 g/mol. The summed E-state index contributed by atoms with van der Waals surface area (Å²) in [6.07, 6.45) is 2.04. The van der Waals surface area contributed by atoms with Crippen LogP contribution in [0.5, 0.6) is 0 Å². The monoisotopic (exact) mass is 666 g/mol. The summed E-state index contributed by atoms with van der Waals surface area (Å²) in [5.74, 6) is 0. The van der Waals surface area contributed by atoms with Gasteiger partial charge in [-0.1, -0.05) is 140 Å². The standard InChI is InChI=1S/C48H30N2S/c1-2-13-28(14-3-1)31-22-12-23-36-39-27-41(32-17-6-9-20-35(32)48(39)51-47(31)36)50-45-30-16-5-4-15-29(30)25-26-38(45)43-42-37-21-10-11-24-40(37)49-44(42)33-18-7-8-19-34(33)46(43)50/h1-24,27,49H,25-26H2. The third-order valence-electron chi connectivity index (χ3n) is 11.4. The summed E-state index contributed by atoms with van der Waals surface area (Å²) in [7, 11) is 0. The molecular weight excluding hydrogens is 637 g/mol. The molecule has 0 saturated heterocycles. The average Bonchev–Trinajstić information content (AvgIpc) is 3.88. The van der Waals surface area contributed by atoms with E-state index in [0.717, 1.165) is 12.8 Å². The third kappa shape index (κ3) is 3.66. The van der Waals surface area contributed by atoms with Gasteiger partial charge >= 0.3 is 0 Å². The molecule has 0 saturated carbocycles. The van der Waals surface area contributed by atoms with Crippen molar-refractivity contribution in [1.82, 2.24) is 9.55 Å². The zero-order valence-corrected chi connectivity index (χ0v) is 28.5. The van der Waals surface area contributed by atoms with Gasteiger partial charge in [-0.25, -0.2) is 0 Å². The van der Waals surface area contributed by atoms with Gasteiger partial charge in [0.25, 0.3) is 0 Å². The van der Waals surface area contributed by atoms with Crippen LogP contribution in [-0.4, -0.2) is 9.55 Å². The van der Waals surface area contributed by atoms with Crippen molar-refractivity contribution in [3.05, 3.63) is 163 Å². The van der Waals surface area contributed by atoms with Gasteiger partial charge in [0.2, 0.25) is 0 Å². The van der Waals surface area contributed by atoms with Crippen LogP contribution in [-0.2, 0) is 12.8 Å². The fourth-order valence-electron chi connectivity index (χ4n) is 9.28.